The van der Waals surface area contributed by atoms with Crippen LogP contribution in [0.1, 0.15) is 30.9 Å². The Balaban J connectivity index is 2.12. The molecule has 0 saturated heterocycles. The third-order valence-corrected chi connectivity index (χ3v) is 3.16. The number of alkyl halides is 3. The summed E-state index contributed by atoms with van der Waals surface area (Å²) >= 11 is 0. The standard InChI is InChI=1S/C14H14F3N3O/c1-8(13(21)20-11-3-4-11)19-12-5-2-10(14(15,16)17)6-9(12)7-18/h2,5-6,8,11,19H,3-4H2,1H3,(H,20,21). The van der Waals surface area contributed by atoms with Crippen molar-refractivity contribution in [2.75, 3.05) is 5.32 Å². The number of anilines is 1. The maximum absolute atomic E-state index is 12.6. The first-order chi connectivity index (χ1) is 9.81. The smallest absolute Gasteiger partial charge is 0.373 e. The number of benzene rings is 1. The topological polar surface area (TPSA) is 64.9 Å². The van der Waals surface area contributed by atoms with Crippen molar-refractivity contribution < 1.29 is 18.0 Å². The number of carbonyl (C=O) groups excluding carboxylic acids is 1. The van der Waals surface area contributed by atoms with Crippen molar-refractivity contribution in [1.29, 1.82) is 5.26 Å². The summed E-state index contributed by atoms with van der Waals surface area (Å²) < 4.78 is 37.7. The Morgan fingerprint density at radius 1 is 1.43 bits per heavy atom. The van der Waals surface area contributed by atoms with Gasteiger partial charge in [-0.3, -0.25) is 4.79 Å². The number of hydrogen-bond acceptors (Lipinski definition) is 3. The van der Waals surface area contributed by atoms with E-state index in [-0.39, 0.29) is 23.2 Å². The third kappa shape index (κ3) is 3.88. The Labute approximate surface area is 119 Å². The Kier molecular flexibility index (Phi) is 4.07. The fourth-order valence-electron chi connectivity index (χ4n) is 1.79. The van der Waals surface area contributed by atoms with Crippen molar-refractivity contribution in [2.45, 2.75) is 38.0 Å². The summed E-state index contributed by atoms with van der Waals surface area (Å²) in [5.41, 5.74) is -0.820. The molecule has 7 heteroatoms. The number of amides is 1. The molecular weight excluding hydrogens is 283 g/mol. The average molecular weight is 297 g/mol. The second kappa shape index (κ2) is 5.64. The first-order valence-electron chi connectivity index (χ1n) is 6.49. The highest BCUT2D eigenvalue weighted by atomic mass is 19.4. The molecule has 1 aliphatic carbocycles. The van der Waals surface area contributed by atoms with Gasteiger partial charge in [0.15, 0.2) is 0 Å². The van der Waals surface area contributed by atoms with Crippen molar-refractivity contribution in [3.05, 3.63) is 29.3 Å². The van der Waals surface area contributed by atoms with Crippen LogP contribution >= 0.6 is 0 Å². The van der Waals surface area contributed by atoms with Crippen molar-refractivity contribution in [3.8, 4) is 6.07 Å². The second-order valence-electron chi connectivity index (χ2n) is 5.02. The van der Waals surface area contributed by atoms with Gasteiger partial charge in [-0.05, 0) is 38.0 Å². The van der Waals surface area contributed by atoms with Gasteiger partial charge in [0.25, 0.3) is 0 Å². The Morgan fingerprint density at radius 2 is 2.10 bits per heavy atom. The number of carbonyl (C=O) groups is 1. The molecule has 1 aromatic carbocycles. The van der Waals surface area contributed by atoms with Crippen LogP contribution in [0, 0.1) is 11.3 Å². The van der Waals surface area contributed by atoms with Gasteiger partial charge in [-0.1, -0.05) is 0 Å². The zero-order valence-corrected chi connectivity index (χ0v) is 11.3. The molecule has 2 N–H and O–H groups in total. The highest BCUT2D eigenvalue weighted by Gasteiger charge is 2.31. The molecule has 112 valence electrons. The third-order valence-electron chi connectivity index (χ3n) is 3.16. The minimum absolute atomic E-state index is 0.143. The van der Waals surface area contributed by atoms with Crippen LogP contribution in [0.25, 0.3) is 0 Å². The summed E-state index contributed by atoms with van der Waals surface area (Å²) in [6.07, 6.45) is -2.61. The van der Waals surface area contributed by atoms with Gasteiger partial charge in [0.05, 0.1) is 16.8 Å². The predicted molar refractivity (Wildman–Crippen MR) is 70.4 cm³/mol. The summed E-state index contributed by atoms with van der Waals surface area (Å²) in [5.74, 6) is -0.235. The molecule has 1 amide bonds. The van der Waals surface area contributed by atoms with Crippen molar-refractivity contribution in [1.82, 2.24) is 5.32 Å². The van der Waals surface area contributed by atoms with E-state index < -0.39 is 17.8 Å². The van der Waals surface area contributed by atoms with Gasteiger partial charge >= 0.3 is 6.18 Å². The molecule has 1 atom stereocenters. The number of hydrogen-bond donors (Lipinski definition) is 2. The molecule has 1 fully saturated rings. The van der Waals surface area contributed by atoms with Crippen molar-refractivity contribution >= 4 is 11.6 Å². The first-order valence-corrected chi connectivity index (χ1v) is 6.49. The molecule has 0 aromatic heterocycles. The van der Waals surface area contributed by atoms with Gasteiger partial charge in [-0.15, -0.1) is 0 Å². The number of nitrogens with zero attached hydrogens (tertiary/aromatic N) is 1. The molecule has 0 bridgehead atoms. The van der Waals surface area contributed by atoms with E-state index in [0.717, 1.165) is 25.0 Å². The van der Waals surface area contributed by atoms with E-state index in [0.29, 0.717) is 0 Å². The molecule has 1 aromatic rings. The lowest BCUT2D eigenvalue weighted by Gasteiger charge is -2.17. The zero-order valence-electron chi connectivity index (χ0n) is 11.3. The maximum Gasteiger partial charge on any atom is 0.416 e. The Morgan fingerprint density at radius 3 is 2.62 bits per heavy atom. The zero-order chi connectivity index (χ0) is 15.6. The molecule has 1 saturated carbocycles. The molecule has 0 spiro atoms. The summed E-state index contributed by atoms with van der Waals surface area (Å²) in [6.45, 7) is 1.59. The molecule has 1 unspecified atom stereocenters. The van der Waals surface area contributed by atoms with Crippen LogP contribution < -0.4 is 10.6 Å². The minimum Gasteiger partial charge on any atom is -0.373 e. The molecular formula is C14H14F3N3O. The Bertz CT molecular complexity index is 588. The normalized spacial score (nSPS) is 16.0. The number of nitriles is 1. The molecule has 21 heavy (non-hydrogen) atoms. The molecule has 4 nitrogen and oxygen atoms in total. The van der Waals surface area contributed by atoms with E-state index in [1.165, 1.54) is 6.07 Å². The highest BCUT2D eigenvalue weighted by molar-refractivity contribution is 5.85. The van der Waals surface area contributed by atoms with Gasteiger partial charge in [-0.2, -0.15) is 18.4 Å². The summed E-state index contributed by atoms with van der Waals surface area (Å²) in [5, 5.41) is 14.5. The number of halogens is 3. The summed E-state index contributed by atoms with van der Waals surface area (Å²) in [7, 11) is 0. The van der Waals surface area contributed by atoms with E-state index in [4.69, 9.17) is 5.26 Å². The molecule has 1 aliphatic rings. The van der Waals surface area contributed by atoms with Gasteiger partial charge in [0.2, 0.25) is 5.91 Å². The molecule has 0 radical (unpaired) electrons. The first kappa shape index (κ1) is 15.2. The van der Waals surface area contributed by atoms with Gasteiger partial charge in [0.1, 0.15) is 12.1 Å². The quantitative estimate of drug-likeness (QED) is 0.898. The SMILES string of the molecule is CC(Nc1ccc(C(F)(F)F)cc1C#N)C(=O)NC1CC1. The molecule has 2 rings (SSSR count). The summed E-state index contributed by atoms with van der Waals surface area (Å²) in [6, 6.07) is 4.10. The van der Waals surface area contributed by atoms with E-state index >= 15 is 0 Å². The lowest BCUT2D eigenvalue weighted by Crippen LogP contribution is -2.38. The number of nitrogens with one attached hydrogen (secondary N) is 2. The molecule has 0 aliphatic heterocycles. The van der Waals surface area contributed by atoms with Gasteiger partial charge in [0, 0.05) is 6.04 Å². The van der Waals surface area contributed by atoms with E-state index in [1.807, 2.05) is 0 Å². The van der Waals surface area contributed by atoms with E-state index in [9.17, 15) is 18.0 Å². The second-order valence-corrected chi connectivity index (χ2v) is 5.02. The van der Waals surface area contributed by atoms with Crippen LogP contribution in [0.2, 0.25) is 0 Å². The monoisotopic (exact) mass is 297 g/mol. The average Bonchev–Trinajstić information content (AvgIpc) is 3.21. The van der Waals surface area contributed by atoms with Gasteiger partial charge in [-0.25, -0.2) is 0 Å². The van der Waals surface area contributed by atoms with Crippen LogP contribution in [-0.4, -0.2) is 18.0 Å². The van der Waals surface area contributed by atoms with Crippen LogP contribution in [-0.2, 0) is 11.0 Å². The lowest BCUT2D eigenvalue weighted by molar-refractivity contribution is -0.137. The fraction of sp³-hybridized carbons (Fsp3) is 0.429. The maximum atomic E-state index is 12.6. The minimum atomic E-state index is -4.50. The van der Waals surface area contributed by atoms with E-state index in [1.54, 1.807) is 13.0 Å². The van der Waals surface area contributed by atoms with E-state index in [2.05, 4.69) is 10.6 Å². The lowest BCUT2D eigenvalue weighted by atomic mass is 10.1. The largest absolute Gasteiger partial charge is 0.416 e. The van der Waals surface area contributed by atoms with Crippen LogP contribution in [0.15, 0.2) is 18.2 Å². The molecule has 0 heterocycles. The van der Waals surface area contributed by atoms with Crippen LogP contribution in [0.5, 0.6) is 0 Å². The summed E-state index contributed by atoms with van der Waals surface area (Å²) in [4.78, 5) is 11.8. The van der Waals surface area contributed by atoms with Crippen LogP contribution in [0.3, 0.4) is 0 Å². The fourth-order valence-corrected chi connectivity index (χ4v) is 1.79. The predicted octanol–water partition coefficient (Wildman–Crippen LogP) is 2.66. The van der Waals surface area contributed by atoms with Gasteiger partial charge < -0.3 is 10.6 Å². The highest BCUT2D eigenvalue weighted by Crippen LogP contribution is 2.31. The number of rotatable bonds is 4. The van der Waals surface area contributed by atoms with Crippen LogP contribution in [0.4, 0.5) is 18.9 Å². The Hall–Kier alpha value is -2.23. The van der Waals surface area contributed by atoms with Crippen molar-refractivity contribution in [3.63, 3.8) is 0 Å². The van der Waals surface area contributed by atoms with Crippen molar-refractivity contribution in [2.24, 2.45) is 0 Å².